The summed E-state index contributed by atoms with van der Waals surface area (Å²) in [5, 5.41) is 9.48. The number of carbonyl (C=O) groups is 2. The van der Waals surface area contributed by atoms with Gasteiger partial charge in [0.15, 0.2) is 5.82 Å². The lowest BCUT2D eigenvalue weighted by atomic mass is 9.96. The predicted molar refractivity (Wildman–Crippen MR) is 150 cm³/mol. The van der Waals surface area contributed by atoms with Crippen LogP contribution >= 0.6 is 11.6 Å². The second-order valence-electron chi connectivity index (χ2n) is 8.82. The molecule has 1 saturated heterocycles. The highest BCUT2D eigenvalue weighted by atomic mass is 35.5. The van der Waals surface area contributed by atoms with Gasteiger partial charge in [-0.3, -0.25) is 9.59 Å². The van der Waals surface area contributed by atoms with E-state index in [0.717, 1.165) is 31.6 Å². The van der Waals surface area contributed by atoms with E-state index in [9.17, 15) is 9.59 Å². The second kappa shape index (κ2) is 12.5. The lowest BCUT2D eigenvalue weighted by Crippen LogP contribution is -2.38. The van der Waals surface area contributed by atoms with Crippen LogP contribution in [0.4, 0.5) is 28.8 Å². The lowest BCUT2D eigenvalue weighted by molar-refractivity contribution is -0.122. The van der Waals surface area contributed by atoms with Gasteiger partial charge in [0, 0.05) is 37.3 Å². The highest BCUT2D eigenvalue weighted by Gasteiger charge is 2.24. The molecule has 4 rings (SSSR count). The Morgan fingerprint density at radius 3 is 2.58 bits per heavy atom. The van der Waals surface area contributed by atoms with Crippen molar-refractivity contribution in [3.8, 4) is 5.75 Å². The number of rotatable bonds is 10. The summed E-state index contributed by atoms with van der Waals surface area (Å²) in [5.41, 5.74) is 8.22. The van der Waals surface area contributed by atoms with Crippen molar-refractivity contribution in [1.29, 1.82) is 0 Å². The average molecular weight is 538 g/mol. The zero-order valence-corrected chi connectivity index (χ0v) is 22.2. The number of nitrogens with two attached hydrogens (primary N) is 1. The van der Waals surface area contributed by atoms with Gasteiger partial charge >= 0.3 is 0 Å². The van der Waals surface area contributed by atoms with Crippen LogP contribution < -0.4 is 31.3 Å². The number of anilines is 5. The molecule has 0 radical (unpaired) electrons. The maximum absolute atomic E-state index is 12.5. The van der Waals surface area contributed by atoms with E-state index in [2.05, 4.69) is 30.8 Å². The van der Waals surface area contributed by atoms with Crippen LogP contribution in [0.15, 0.2) is 48.7 Å². The molecule has 1 aliphatic heterocycles. The van der Waals surface area contributed by atoms with Gasteiger partial charge in [0.2, 0.25) is 11.9 Å². The van der Waals surface area contributed by atoms with Crippen molar-refractivity contribution in [2.24, 2.45) is 11.7 Å². The number of nitrogens with one attached hydrogen (secondary N) is 3. The Hall–Kier alpha value is -4.05. The van der Waals surface area contributed by atoms with E-state index < -0.39 is 0 Å². The Labute approximate surface area is 226 Å². The van der Waals surface area contributed by atoms with E-state index in [1.54, 1.807) is 18.2 Å². The van der Waals surface area contributed by atoms with Gasteiger partial charge in [-0.25, -0.2) is 4.98 Å². The van der Waals surface area contributed by atoms with Crippen molar-refractivity contribution in [3.63, 3.8) is 0 Å². The number of piperidine rings is 1. The fourth-order valence-corrected chi connectivity index (χ4v) is 4.46. The van der Waals surface area contributed by atoms with E-state index >= 15 is 0 Å². The smallest absolute Gasteiger partial charge is 0.253 e. The maximum atomic E-state index is 12.5. The van der Waals surface area contributed by atoms with Crippen LogP contribution in [0.1, 0.15) is 37.0 Å². The van der Waals surface area contributed by atoms with Crippen molar-refractivity contribution in [2.75, 3.05) is 41.8 Å². The molecule has 3 aromatic rings. The lowest BCUT2D eigenvalue weighted by Gasteiger charge is -2.32. The highest BCUT2D eigenvalue weighted by molar-refractivity contribution is 6.33. The third-order valence-electron chi connectivity index (χ3n) is 6.28. The topological polar surface area (TPSA) is 134 Å². The van der Waals surface area contributed by atoms with Gasteiger partial charge in [0.25, 0.3) is 5.91 Å². The standard InChI is InChI=1S/C27H32ClN7O3/c1-3-30-26(37)19-7-5-6-8-21(19)32-25-20(28)16-31-27(34-25)33-22-10-9-18(15-23(22)38-4-2)35-13-11-17(12-14-35)24(29)36/h5-10,15-17H,3-4,11-14H2,1-2H3,(H2,29,36)(H,30,37)(H2,31,32,33,34). The monoisotopic (exact) mass is 537 g/mol. The van der Waals surface area contributed by atoms with Gasteiger partial charge < -0.3 is 31.3 Å². The number of para-hydroxylation sites is 1. The minimum absolute atomic E-state index is 0.0728. The molecule has 0 atom stereocenters. The van der Waals surface area contributed by atoms with Crippen LogP contribution in [0.25, 0.3) is 0 Å². The first-order chi connectivity index (χ1) is 18.4. The highest BCUT2D eigenvalue weighted by Crippen LogP contribution is 2.34. The number of hydrogen-bond donors (Lipinski definition) is 4. The number of aromatic nitrogens is 2. The molecular formula is C27H32ClN7O3. The number of amides is 2. The largest absolute Gasteiger partial charge is 0.492 e. The van der Waals surface area contributed by atoms with Crippen LogP contribution in [-0.2, 0) is 4.79 Å². The molecule has 1 aliphatic rings. The Balaban J connectivity index is 1.54. The van der Waals surface area contributed by atoms with Gasteiger partial charge in [0.1, 0.15) is 10.8 Å². The fourth-order valence-electron chi connectivity index (χ4n) is 4.32. The third kappa shape index (κ3) is 6.44. The molecule has 0 spiro atoms. The Morgan fingerprint density at radius 1 is 1.11 bits per heavy atom. The zero-order chi connectivity index (χ0) is 27.1. The molecule has 1 aromatic heterocycles. The summed E-state index contributed by atoms with van der Waals surface area (Å²) in [6.45, 7) is 6.27. The number of ether oxygens (including phenoxy) is 1. The molecule has 10 nitrogen and oxygen atoms in total. The molecule has 38 heavy (non-hydrogen) atoms. The molecule has 1 fully saturated rings. The molecule has 5 N–H and O–H groups in total. The van der Waals surface area contributed by atoms with Gasteiger partial charge in [-0.2, -0.15) is 4.98 Å². The van der Waals surface area contributed by atoms with Gasteiger partial charge in [-0.15, -0.1) is 0 Å². The number of primary amides is 1. The van der Waals surface area contributed by atoms with Crippen LogP contribution in [0.2, 0.25) is 5.02 Å². The summed E-state index contributed by atoms with van der Waals surface area (Å²) >= 11 is 6.38. The van der Waals surface area contributed by atoms with Gasteiger partial charge in [0.05, 0.1) is 29.7 Å². The molecule has 11 heteroatoms. The normalized spacial score (nSPS) is 13.6. The molecule has 2 amide bonds. The summed E-state index contributed by atoms with van der Waals surface area (Å²) in [6.07, 6.45) is 2.96. The zero-order valence-electron chi connectivity index (χ0n) is 21.5. The van der Waals surface area contributed by atoms with Crippen molar-refractivity contribution in [1.82, 2.24) is 15.3 Å². The number of hydrogen-bond acceptors (Lipinski definition) is 8. The molecule has 0 aliphatic carbocycles. The molecule has 2 aromatic carbocycles. The third-order valence-corrected chi connectivity index (χ3v) is 6.56. The average Bonchev–Trinajstić information content (AvgIpc) is 2.92. The maximum Gasteiger partial charge on any atom is 0.253 e. The van der Waals surface area contributed by atoms with Crippen molar-refractivity contribution in [2.45, 2.75) is 26.7 Å². The van der Waals surface area contributed by atoms with E-state index in [4.69, 9.17) is 22.1 Å². The van der Waals surface area contributed by atoms with Crippen LogP contribution in [0.5, 0.6) is 5.75 Å². The van der Waals surface area contributed by atoms with Crippen molar-refractivity contribution >= 4 is 52.2 Å². The number of benzene rings is 2. The molecule has 2 heterocycles. The van der Waals surface area contributed by atoms with Gasteiger partial charge in [-0.05, 0) is 51.0 Å². The molecule has 0 bridgehead atoms. The van der Waals surface area contributed by atoms with Crippen LogP contribution in [0, 0.1) is 5.92 Å². The number of halogens is 1. The first-order valence-corrected chi connectivity index (χ1v) is 13.0. The first kappa shape index (κ1) is 27.0. The summed E-state index contributed by atoms with van der Waals surface area (Å²) in [7, 11) is 0. The Bertz CT molecular complexity index is 1300. The van der Waals surface area contributed by atoms with Gasteiger partial charge in [-0.1, -0.05) is 23.7 Å². The predicted octanol–water partition coefficient (Wildman–Crippen LogP) is 4.47. The van der Waals surface area contributed by atoms with E-state index in [1.807, 2.05) is 38.1 Å². The van der Waals surface area contributed by atoms with E-state index in [0.29, 0.717) is 52.6 Å². The Kier molecular flexibility index (Phi) is 8.85. The quantitative estimate of drug-likeness (QED) is 0.297. The van der Waals surface area contributed by atoms with Crippen LogP contribution in [0.3, 0.4) is 0 Å². The number of carbonyl (C=O) groups excluding carboxylic acids is 2. The van der Waals surface area contributed by atoms with Crippen molar-refractivity contribution in [3.05, 3.63) is 59.2 Å². The molecule has 0 unspecified atom stereocenters. The summed E-state index contributed by atoms with van der Waals surface area (Å²) in [4.78, 5) is 35.1. The van der Waals surface area contributed by atoms with Crippen molar-refractivity contribution < 1.29 is 14.3 Å². The summed E-state index contributed by atoms with van der Waals surface area (Å²) in [5.74, 6) is 0.812. The van der Waals surface area contributed by atoms with E-state index in [1.165, 1.54) is 6.20 Å². The van der Waals surface area contributed by atoms with Crippen LogP contribution in [-0.4, -0.2) is 48.0 Å². The fraction of sp³-hybridized carbons (Fsp3) is 0.333. The number of nitrogens with zero attached hydrogens (tertiary/aromatic N) is 3. The Morgan fingerprint density at radius 2 is 1.87 bits per heavy atom. The molecule has 200 valence electrons. The summed E-state index contributed by atoms with van der Waals surface area (Å²) in [6, 6.07) is 13.0. The van der Waals surface area contributed by atoms with E-state index in [-0.39, 0.29) is 17.7 Å². The minimum atomic E-state index is -0.233. The SMILES string of the molecule is CCNC(=O)c1ccccc1Nc1nc(Nc2ccc(N3CCC(C(N)=O)CC3)cc2OCC)ncc1Cl. The summed E-state index contributed by atoms with van der Waals surface area (Å²) < 4.78 is 5.91. The minimum Gasteiger partial charge on any atom is -0.492 e. The molecular weight excluding hydrogens is 506 g/mol. The second-order valence-corrected chi connectivity index (χ2v) is 9.23. The first-order valence-electron chi connectivity index (χ1n) is 12.6. The molecule has 0 saturated carbocycles.